The van der Waals surface area contributed by atoms with Crippen molar-refractivity contribution < 1.29 is 23.9 Å². The molecule has 2 saturated heterocycles. The summed E-state index contributed by atoms with van der Waals surface area (Å²) in [6, 6.07) is 6.75. The first-order chi connectivity index (χ1) is 13.4. The molecule has 2 aliphatic rings. The van der Waals surface area contributed by atoms with Gasteiger partial charge < -0.3 is 19.7 Å². The number of ether oxygens (including phenoxy) is 2. The smallest absolute Gasteiger partial charge is 0.337 e. The van der Waals surface area contributed by atoms with E-state index in [1.807, 2.05) is 0 Å². The third-order valence-corrected chi connectivity index (χ3v) is 5.27. The zero-order valence-electron chi connectivity index (χ0n) is 16.5. The number of carbonyl (C=O) groups is 3. The van der Waals surface area contributed by atoms with Crippen LogP contribution in [0.15, 0.2) is 24.3 Å². The molecule has 8 nitrogen and oxygen atoms in total. The second kappa shape index (κ2) is 8.70. The summed E-state index contributed by atoms with van der Waals surface area (Å²) in [6.07, 6.45) is 1.06. The Hall–Kier alpha value is -2.45. The van der Waals surface area contributed by atoms with E-state index in [0.29, 0.717) is 30.7 Å². The van der Waals surface area contributed by atoms with Crippen molar-refractivity contribution >= 4 is 17.8 Å². The third kappa shape index (κ3) is 4.69. The van der Waals surface area contributed by atoms with Gasteiger partial charge in [-0.25, -0.2) is 4.79 Å². The minimum Gasteiger partial charge on any atom is -0.465 e. The summed E-state index contributed by atoms with van der Waals surface area (Å²) < 4.78 is 10.6. The van der Waals surface area contributed by atoms with Crippen LogP contribution in [0.25, 0.3) is 0 Å². The predicted molar refractivity (Wildman–Crippen MR) is 102 cm³/mol. The predicted octanol–water partition coefficient (Wildman–Crippen LogP) is 0.523. The van der Waals surface area contributed by atoms with Crippen LogP contribution in [0.3, 0.4) is 0 Å². The first-order valence-corrected chi connectivity index (χ1v) is 9.42. The monoisotopic (exact) mass is 389 g/mol. The zero-order chi connectivity index (χ0) is 20.3. The second-order valence-corrected chi connectivity index (χ2v) is 7.53. The Kier molecular flexibility index (Phi) is 6.31. The Morgan fingerprint density at radius 3 is 2.71 bits per heavy atom. The maximum Gasteiger partial charge on any atom is 0.337 e. The van der Waals surface area contributed by atoms with E-state index >= 15 is 0 Å². The van der Waals surface area contributed by atoms with Crippen molar-refractivity contribution in [1.29, 1.82) is 0 Å². The van der Waals surface area contributed by atoms with Gasteiger partial charge in [0.25, 0.3) is 5.91 Å². The van der Waals surface area contributed by atoms with Gasteiger partial charge in [0.1, 0.15) is 0 Å². The minimum absolute atomic E-state index is 0.00573. The van der Waals surface area contributed by atoms with Crippen LogP contribution in [-0.4, -0.2) is 86.7 Å². The summed E-state index contributed by atoms with van der Waals surface area (Å²) in [5.74, 6) is -0.628. The lowest BCUT2D eigenvalue weighted by Crippen LogP contribution is -2.47. The summed E-state index contributed by atoms with van der Waals surface area (Å²) in [7, 11) is 4.79. The molecule has 3 atom stereocenters. The Morgan fingerprint density at radius 1 is 1.25 bits per heavy atom. The van der Waals surface area contributed by atoms with E-state index in [1.165, 1.54) is 13.2 Å². The van der Waals surface area contributed by atoms with Gasteiger partial charge >= 0.3 is 5.97 Å². The van der Waals surface area contributed by atoms with Gasteiger partial charge in [-0.2, -0.15) is 0 Å². The zero-order valence-corrected chi connectivity index (χ0v) is 16.5. The van der Waals surface area contributed by atoms with E-state index in [9.17, 15) is 14.4 Å². The number of fused-ring (bicyclic) bond motifs is 1. The molecule has 1 aromatic rings. The van der Waals surface area contributed by atoms with Crippen LogP contribution < -0.4 is 5.32 Å². The van der Waals surface area contributed by atoms with Gasteiger partial charge in [-0.3, -0.25) is 14.5 Å². The van der Waals surface area contributed by atoms with Crippen LogP contribution in [0.1, 0.15) is 33.6 Å². The molecule has 1 N–H and O–H groups in total. The van der Waals surface area contributed by atoms with Crippen molar-refractivity contribution in [3.8, 4) is 0 Å². The average molecular weight is 389 g/mol. The molecule has 0 saturated carbocycles. The molecule has 8 heteroatoms. The molecular weight excluding hydrogens is 362 g/mol. The number of hydrogen-bond donors (Lipinski definition) is 1. The minimum atomic E-state index is -0.469. The fourth-order valence-corrected chi connectivity index (χ4v) is 3.72. The lowest BCUT2D eigenvalue weighted by molar-refractivity contribution is -0.134. The van der Waals surface area contributed by atoms with Crippen molar-refractivity contribution in [2.75, 3.05) is 40.9 Å². The number of amides is 2. The number of rotatable bonds is 5. The number of nitrogens with zero attached hydrogens (tertiary/aromatic N) is 2. The first-order valence-electron chi connectivity index (χ1n) is 9.42. The number of nitrogens with one attached hydrogen (secondary N) is 1. The van der Waals surface area contributed by atoms with Crippen molar-refractivity contribution in [2.45, 2.75) is 31.0 Å². The van der Waals surface area contributed by atoms with Gasteiger partial charge in [0.2, 0.25) is 5.91 Å². The molecule has 0 unspecified atom stereocenters. The van der Waals surface area contributed by atoms with Crippen LogP contribution in [0.5, 0.6) is 0 Å². The summed E-state index contributed by atoms with van der Waals surface area (Å²) in [6.45, 7) is 1.98. The fraction of sp³-hybridized carbons (Fsp3) is 0.550. The average Bonchev–Trinajstić information content (AvgIpc) is 3.08. The molecule has 0 aromatic heterocycles. The van der Waals surface area contributed by atoms with Gasteiger partial charge in [0.05, 0.1) is 31.8 Å². The molecule has 152 valence electrons. The van der Waals surface area contributed by atoms with Gasteiger partial charge in [-0.15, -0.1) is 0 Å². The van der Waals surface area contributed by atoms with E-state index in [0.717, 1.165) is 13.0 Å². The van der Waals surface area contributed by atoms with E-state index in [1.54, 1.807) is 37.2 Å². The Labute approximate surface area is 164 Å². The summed E-state index contributed by atoms with van der Waals surface area (Å²) >= 11 is 0. The largest absolute Gasteiger partial charge is 0.465 e. The van der Waals surface area contributed by atoms with Crippen molar-refractivity contribution in [2.24, 2.45) is 0 Å². The number of carbonyl (C=O) groups excluding carboxylic acids is 3. The molecule has 1 aromatic carbocycles. The van der Waals surface area contributed by atoms with Gasteiger partial charge in [0, 0.05) is 44.8 Å². The maximum absolute atomic E-state index is 12.6. The number of benzene rings is 1. The summed E-state index contributed by atoms with van der Waals surface area (Å²) in [5.41, 5.74) is 0.777. The summed E-state index contributed by atoms with van der Waals surface area (Å²) in [4.78, 5) is 40.0. The SMILES string of the molecule is COC(=O)c1cccc(C(=O)N[C@@H]2C[C@H]3CO[C@@H](CC(=O)N(C)C)CN3C2)c1. The molecule has 0 bridgehead atoms. The highest BCUT2D eigenvalue weighted by atomic mass is 16.5. The molecule has 0 aliphatic carbocycles. The number of hydrogen-bond acceptors (Lipinski definition) is 6. The standard InChI is InChI=1S/C20H27N3O5/c1-22(2)18(24)9-17-11-23-10-15(8-16(23)12-28-17)21-19(25)13-5-4-6-14(7-13)20(26)27-3/h4-7,15-17H,8-12H2,1-3H3,(H,21,25)/t15-,16+,17+/m1/s1. The quantitative estimate of drug-likeness (QED) is 0.739. The third-order valence-electron chi connectivity index (χ3n) is 5.27. The van der Waals surface area contributed by atoms with Crippen LogP contribution >= 0.6 is 0 Å². The highest BCUT2D eigenvalue weighted by Gasteiger charge is 2.38. The molecule has 2 aliphatic heterocycles. The first kappa shape index (κ1) is 20.3. The molecular formula is C20H27N3O5. The second-order valence-electron chi connectivity index (χ2n) is 7.53. The van der Waals surface area contributed by atoms with Crippen molar-refractivity contribution in [3.63, 3.8) is 0 Å². The highest BCUT2D eigenvalue weighted by molar-refractivity contribution is 5.98. The number of morpholine rings is 1. The van der Waals surface area contributed by atoms with Gasteiger partial charge in [-0.1, -0.05) is 6.07 Å². The maximum atomic E-state index is 12.6. The van der Waals surface area contributed by atoms with Crippen molar-refractivity contribution in [1.82, 2.24) is 15.1 Å². The van der Waals surface area contributed by atoms with Crippen LogP contribution in [0, 0.1) is 0 Å². The Morgan fingerprint density at radius 2 is 2.00 bits per heavy atom. The van der Waals surface area contributed by atoms with Crippen LogP contribution in [-0.2, 0) is 14.3 Å². The Bertz CT molecular complexity index is 751. The molecule has 0 radical (unpaired) electrons. The Balaban J connectivity index is 1.55. The molecule has 0 spiro atoms. The van der Waals surface area contributed by atoms with Gasteiger partial charge in [-0.05, 0) is 24.6 Å². The number of methoxy groups -OCH3 is 1. The van der Waals surface area contributed by atoms with Crippen LogP contribution in [0.2, 0.25) is 0 Å². The van der Waals surface area contributed by atoms with Crippen LogP contribution in [0.4, 0.5) is 0 Å². The molecule has 2 amide bonds. The van der Waals surface area contributed by atoms with E-state index in [4.69, 9.17) is 9.47 Å². The van der Waals surface area contributed by atoms with Crippen molar-refractivity contribution in [3.05, 3.63) is 35.4 Å². The lowest BCUT2D eigenvalue weighted by Gasteiger charge is -2.35. The topological polar surface area (TPSA) is 88.2 Å². The fourth-order valence-electron chi connectivity index (χ4n) is 3.72. The molecule has 3 rings (SSSR count). The number of esters is 1. The molecule has 28 heavy (non-hydrogen) atoms. The normalized spacial score (nSPS) is 24.3. The summed E-state index contributed by atoms with van der Waals surface area (Å²) in [5, 5.41) is 3.05. The molecule has 2 fully saturated rings. The highest BCUT2D eigenvalue weighted by Crippen LogP contribution is 2.25. The van der Waals surface area contributed by atoms with Gasteiger partial charge in [0.15, 0.2) is 0 Å². The lowest BCUT2D eigenvalue weighted by atomic mass is 10.1. The van der Waals surface area contributed by atoms with E-state index < -0.39 is 5.97 Å². The van der Waals surface area contributed by atoms with E-state index in [2.05, 4.69) is 10.2 Å². The molecule has 2 heterocycles. The van der Waals surface area contributed by atoms with E-state index in [-0.39, 0.29) is 30.0 Å².